The molecule has 0 aliphatic heterocycles. The van der Waals surface area contributed by atoms with Gasteiger partial charge in [-0.25, -0.2) is 0 Å². The molecule has 0 aliphatic rings. The molecule has 2 rings (SSSR count). The van der Waals surface area contributed by atoms with E-state index in [9.17, 15) is 9.59 Å². The number of amides is 2. The first kappa shape index (κ1) is 18.7. The highest BCUT2D eigenvalue weighted by molar-refractivity contribution is 5.89. The van der Waals surface area contributed by atoms with Crippen LogP contribution in [0.25, 0.3) is 0 Å². The van der Waals surface area contributed by atoms with E-state index in [2.05, 4.69) is 15.7 Å². The van der Waals surface area contributed by atoms with Crippen molar-refractivity contribution in [2.45, 2.75) is 46.8 Å². The lowest BCUT2D eigenvalue weighted by molar-refractivity contribution is -0.133. The molecule has 134 valence electrons. The minimum absolute atomic E-state index is 0.144. The van der Waals surface area contributed by atoms with Crippen molar-refractivity contribution in [2.75, 3.05) is 0 Å². The molecule has 0 bridgehead atoms. The second-order valence-electron chi connectivity index (χ2n) is 7.14. The maximum absolute atomic E-state index is 12.3. The molecule has 0 saturated carbocycles. The average Bonchev–Trinajstić information content (AvgIpc) is 3.05. The van der Waals surface area contributed by atoms with Gasteiger partial charge in [0.25, 0.3) is 0 Å². The van der Waals surface area contributed by atoms with Crippen molar-refractivity contribution in [3.63, 3.8) is 0 Å². The van der Waals surface area contributed by atoms with E-state index in [-0.39, 0.29) is 11.8 Å². The predicted molar refractivity (Wildman–Crippen MR) is 96.7 cm³/mol. The fourth-order valence-corrected chi connectivity index (χ4v) is 2.27. The maximum Gasteiger partial charge on any atom is 0.242 e. The Kier molecular flexibility index (Phi) is 5.96. The smallest absolute Gasteiger partial charge is 0.242 e. The highest BCUT2D eigenvalue weighted by Gasteiger charge is 2.24. The van der Waals surface area contributed by atoms with Gasteiger partial charge in [-0.05, 0) is 24.1 Å². The van der Waals surface area contributed by atoms with Crippen LogP contribution in [0.1, 0.15) is 38.8 Å². The van der Waals surface area contributed by atoms with Crippen molar-refractivity contribution in [1.82, 2.24) is 20.4 Å². The Bertz CT molecular complexity index is 717. The topological polar surface area (TPSA) is 76.0 Å². The molecule has 0 spiro atoms. The number of rotatable bonds is 6. The van der Waals surface area contributed by atoms with E-state index in [0.29, 0.717) is 13.1 Å². The summed E-state index contributed by atoms with van der Waals surface area (Å²) in [5.74, 6) is -0.347. The Labute approximate surface area is 148 Å². The van der Waals surface area contributed by atoms with Crippen molar-refractivity contribution in [2.24, 2.45) is 5.41 Å². The zero-order chi connectivity index (χ0) is 18.4. The molecular weight excluding hydrogens is 316 g/mol. The standard InChI is InChI=1S/C19H26N4O2/c1-14(22-18(25)19(2,3)4)17(24)20-12-15-8-5-6-9-16(15)13-23-11-7-10-21-23/h5-11,14H,12-13H2,1-4H3,(H,20,24)(H,22,25). The molecular formula is C19H26N4O2. The van der Waals surface area contributed by atoms with E-state index in [0.717, 1.165) is 11.1 Å². The van der Waals surface area contributed by atoms with Crippen molar-refractivity contribution >= 4 is 11.8 Å². The molecule has 0 aliphatic carbocycles. The summed E-state index contributed by atoms with van der Waals surface area (Å²) in [6.45, 7) is 8.20. The molecule has 2 amide bonds. The normalized spacial score (nSPS) is 12.5. The number of aromatic nitrogens is 2. The summed E-state index contributed by atoms with van der Waals surface area (Å²) in [5.41, 5.74) is 1.60. The molecule has 2 aromatic rings. The number of carbonyl (C=O) groups is 2. The van der Waals surface area contributed by atoms with Crippen LogP contribution >= 0.6 is 0 Å². The van der Waals surface area contributed by atoms with Crippen molar-refractivity contribution in [3.8, 4) is 0 Å². The second kappa shape index (κ2) is 7.96. The molecule has 1 unspecified atom stereocenters. The third kappa shape index (κ3) is 5.45. The van der Waals surface area contributed by atoms with E-state index < -0.39 is 11.5 Å². The summed E-state index contributed by atoms with van der Waals surface area (Å²) in [7, 11) is 0. The predicted octanol–water partition coefficient (Wildman–Crippen LogP) is 2.10. The summed E-state index contributed by atoms with van der Waals surface area (Å²) in [4.78, 5) is 24.2. The lowest BCUT2D eigenvalue weighted by Crippen LogP contribution is -2.48. The van der Waals surface area contributed by atoms with Gasteiger partial charge in [-0.3, -0.25) is 14.3 Å². The van der Waals surface area contributed by atoms with Crippen LogP contribution in [0.2, 0.25) is 0 Å². The van der Waals surface area contributed by atoms with Gasteiger partial charge in [-0.2, -0.15) is 5.10 Å². The molecule has 25 heavy (non-hydrogen) atoms. The number of carbonyl (C=O) groups excluding carboxylic acids is 2. The first-order valence-electron chi connectivity index (χ1n) is 8.40. The Balaban J connectivity index is 1.94. The van der Waals surface area contributed by atoms with Crippen LogP contribution in [0.3, 0.4) is 0 Å². The first-order chi connectivity index (χ1) is 11.8. The van der Waals surface area contributed by atoms with Gasteiger partial charge >= 0.3 is 0 Å². The fourth-order valence-electron chi connectivity index (χ4n) is 2.27. The van der Waals surface area contributed by atoms with Gasteiger partial charge in [0, 0.05) is 24.4 Å². The Hall–Kier alpha value is -2.63. The van der Waals surface area contributed by atoms with Gasteiger partial charge in [0.05, 0.1) is 6.54 Å². The molecule has 1 heterocycles. The van der Waals surface area contributed by atoms with Crippen LogP contribution in [0.5, 0.6) is 0 Å². The van der Waals surface area contributed by atoms with Gasteiger partial charge in [0.2, 0.25) is 11.8 Å². The van der Waals surface area contributed by atoms with Crippen LogP contribution in [0.4, 0.5) is 0 Å². The highest BCUT2D eigenvalue weighted by Crippen LogP contribution is 2.13. The fraction of sp³-hybridized carbons (Fsp3) is 0.421. The van der Waals surface area contributed by atoms with Crippen LogP contribution in [0, 0.1) is 5.41 Å². The van der Waals surface area contributed by atoms with E-state index in [1.165, 1.54) is 0 Å². The second-order valence-corrected chi connectivity index (χ2v) is 7.14. The zero-order valence-electron chi connectivity index (χ0n) is 15.2. The van der Waals surface area contributed by atoms with Gasteiger partial charge in [0.15, 0.2) is 0 Å². The third-order valence-corrected chi connectivity index (χ3v) is 3.89. The van der Waals surface area contributed by atoms with Gasteiger partial charge < -0.3 is 10.6 Å². The number of benzene rings is 1. The van der Waals surface area contributed by atoms with E-state index in [4.69, 9.17) is 0 Å². The Morgan fingerprint density at radius 1 is 1.16 bits per heavy atom. The van der Waals surface area contributed by atoms with Crippen LogP contribution in [-0.4, -0.2) is 27.6 Å². The Morgan fingerprint density at radius 3 is 2.44 bits per heavy atom. The van der Waals surface area contributed by atoms with Crippen LogP contribution < -0.4 is 10.6 Å². The molecule has 0 saturated heterocycles. The van der Waals surface area contributed by atoms with Crippen LogP contribution in [0.15, 0.2) is 42.7 Å². The maximum atomic E-state index is 12.3. The van der Waals surface area contributed by atoms with Gasteiger partial charge in [0.1, 0.15) is 6.04 Å². The zero-order valence-corrected chi connectivity index (χ0v) is 15.2. The van der Waals surface area contributed by atoms with Crippen LogP contribution in [-0.2, 0) is 22.7 Å². The van der Waals surface area contributed by atoms with Crippen molar-refractivity contribution in [1.29, 1.82) is 0 Å². The molecule has 2 N–H and O–H groups in total. The molecule has 1 aromatic heterocycles. The third-order valence-electron chi connectivity index (χ3n) is 3.89. The molecule has 0 fully saturated rings. The molecule has 1 atom stereocenters. The molecule has 6 heteroatoms. The summed E-state index contributed by atoms with van der Waals surface area (Å²) in [6.07, 6.45) is 3.64. The number of hydrogen-bond donors (Lipinski definition) is 2. The monoisotopic (exact) mass is 342 g/mol. The summed E-state index contributed by atoms with van der Waals surface area (Å²) >= 11 is 0. The van der Waals surface area contributed by atoms with Crippen molar-refractivity contribution < 1.29 is 9.59 Å². The SMILES string of the molecule is CC(NC(=O)C(C)(C)C)C(=O)NCc1ccccc1Cn1cccn1. The Morgan fingerprint density at radius 2 is 1.84 bits per heavy atom. The lowest BCUT2D eigenvalue weighted by atomic mass is 9.95. The molecule has 1 aromatic carbocycles. The minimum atomic E-state index is -0.579. The number of nitrogens with zero attached hydrogens (tertiary/aromatic N) is 2. The van der Waals surface area contributed by atoms with E-state index in [1.54, 1.807) is 13.1 Å². The highest BCUT2D eigenvalue weighted by atomic mass is 16.2. The minimum Gasteiger partial charge on any atom is -0.350 e. The number of hydrogen-bond acceptors (Lipinski definition) is 3. The number of nitrogens with one attached hydrogen (secondary N) is 2. The molecule has 6 nitrogen and oxygen atoms in total. The first-order valence-corrected chi connectivity index (χ1v) is 8.40. The van der Waals surface area contributed by atoms with E-state index >= 15 is 0 Å². The average molecular weight is 342 g/mol. The molecule has 0 radical (unpaired) electrons. The van der Waals surface area contributed by atoms with E-state index in [1.807, 2.05) is 62.0 Å². The van der Waals surface area contributed by atoms with Gasteiger partial charge in [-0.1, -0.05) is 45.0 Å². The summed E-state index contributed by atoms with van der Waals surface area (Å²) in [5, 5.41) is 9.85. The summed E-state index contributed by atoms with van der Waals surface area (Å²) in [6, 6.07) is 9.22. The largest absolute Gasteiger partial charge is 0.350 e. The lowest BCUT2D eigenvalue weighted by Gasteiger charge is -2.21. The summed E-state index contributed by atoms with van der Waals surface area (Å²) < 4.78 is 1.84. The quantitative estimate of drug-likeness (QED) is 0.844. The van der Waals surface area contributed by atoms with Crippen molar-refractivity contribution in [3.05, 3.63) is 53.9 Å². The van der Waals surface area contributed by atoms with Gasteiger partial charge in [-0.15, -0.1) is 0 Å².